The predicted molar refractivity (Wildman–Crippen MR) is 112 cm³/mol. The Hall–Kier alpha value is -2.82. The number of anilines is 1. The highest BCUT2D eigenvalue weighted by molar-refractivity contribution is 7.93. The predicted octanol–water partition coefficient (Wildman–Crippen LogP) is 4.21. The molecule has 8 nitrogen and oxygen atoms in total. The normalized spacial score (nSPS) is 14.8. The molecule has 3 aromatic rings. The molecule has 0 unspecified atom stereocenters. The Morgan fingerprint density at radius 3 is 2.33 bits per heavy atom. The van der Waals surface area contributed by atoms with Gasteiger partial charge in [-0.15, -0.1) is 0 Å². The minimum atomic E-state index is -3.91. The highest BCUT2D eigenvalue weighted by Crippen LogP contribution is 2.49. The fourth-order valence-electron chi connectivity index (χ4n) is 3.06. The Morgan fingerprint density at radius 2 is 1.77 bits per heavy atom. The number of nitrogens with zero attached hydrogens (tertiary/aromatic N) is 2. The van der Waals surface area contributed by atoms with E-state index in [2.05, 4.69) is 10.3 Å². The molecule has 1 aliphatic rings. The summed E-state index contributed by atoms with van der Waals surface area (Å²) in [5.41, 5.74) is -0.0176. The maximum atomic E-state index is 12.8. The number of nitrogens with one attached hydrogen (secondary N) is 1. The van der Waals surface area contributed by atoms with E-state index in [4.69, 9.17) is 11.6 Å². The highest BCUT2D eigenvalue weighted by Gasteiger charge is 2.51. The first-order valence-electron chi connectivity index (χ1n) is 8.75. The fourth-order valence-corrected chi connectivity index (χ4v) is 5.62. The number of hydrogen-bond acceptors (Lipinski definition) is 7. The number of aromatic nitrogens is 1. The number of benzene rings is 2. The van der Waals surface area contributed by atoms with Gasteiger partial charge in [0.2, 0.25) is 15.7 Å². The third-order valence-electron chi connectivity index (χ3n) is 4.91. The van der Waals surface area contributed by atoms with E-state index in [0.29, 0.717) is 17.9 Å². The van der Waals surface area contributed by atoms with Gasteiger partial charge in [0.25, 0.3) is 5.69 Å². The van der Waals surface area contributed by atoms with E-state index in [0.717, 1.165) is 29.0 Å². The lowest BCUT2D eigenvalue weighted by Gasteiger charge is -2.14. The third-order valence-corrected chi connectivity index (χ3v) is 8.30. The number of nitro benzene ring substituents is 1. The summed E-state index contributed by atoms with van der Waals surface area (Å²) in [7, 11) is -3.91. The second-order valence-corrected chi connectivity index (χ2v) is 10.4. The van der Waals surface area contributed by atoms with E-state index in [-0.39, 0.29) is 25.8 Å². The van der Waals surface area contributed by atoms with E-state index in [1.807, 2.05) is 0 Å². The van der Waals surface area contributed by atoms with Crippen LogP contribution in [0.5, 0.6) is 0 Å². The standard InChI is InChI=1S/C19H14ClN3O5S2/c20-13-3-1-12(2-4-13)19(9-10-19)17(24)22-18-21-11-16(29-18)30(27,28)15-7-5-14(6-8-15)23(25)26/h1-8,11H,9-10H2,(H,21,22,24). The summed E-state index contributed by atoms with van der Waals surface area (Å²) in [4.78, 5) is 26.9. The molecule has 0 bridgehead atoms. The summed E-state index contributed by atoms with van der Waals surface area (Å²) in [5.74, 6) is -0.251. The Bertz CT molecular complexity index is 1230. The number of rotatable bonds is 6. The summed E-state index contributed by atoms with van der Waals surface area (Å²) >= 11 is 6.74. The van der Waals surface area contributed by atoms with E-state index >= 15 is 0 Å². The van der Waals surface area contributed by atoms with Crippen molar-refractivity contribution in [2.75, 3.05) is 5.32 Å². The topological polar surface area (TPSA) is 119 Å². The van der Waals surface area contributed by atoms with Gasteiger partial charge in [-0.25, -0.2) is 13.4 Å². The largest absolute Gasteiger partial charge is 0.301 e. The Kier molecular flexibility index (Phi) is 5.08. The smallest absolute Gasteiger partial charge is 0.269 e. The van der Waals surface area contributed by atoms with Gasteiger partial charge < -0.3 is 5.32 Å². The van der Waals surface area contributed by atoms with Crippen LogP contribution in [-0.4, -0.2) is 24.2 Å². The number of carbonyl (C=O) groups excluding carboxylic acids is 1. The third kappa shape index (κ3) is 3.69. The minimum Gasteiger partial charge on any atom is -0.301 e. The molecule has 1 aromatic heterocycles. The molecule has 0 atom stereocenters. The van der Waals surface area contributed by atoms with Gasteiger partial charge in [-0.05, 0) is 42.7 Å². The number of non-ortho nitro benzene ring substituents is 1. The van der Waals surface area contributed by atoms with Crippen LogP contribution in [0.15, 0.2) is 63.8 Å². The number of hydrogen-bond donors (Lipinski definition) is 1. The summed E-state index contributed by atoms with van der Waals surface area (Å²) in [5, 5.41) is 14.2. The zero-order chi connectivity index (χ0) is 21.5. The maximum Gasteiger partial charge on any atom is 0.269 e. The van der Waals surface area contributed by atoms with Crippen LogP contribution in [-0.2, 0) is 20.0 Å². The monoisotopic (exact) mass is 463 g/mol. The van der Waals surface area contributed by atoms with Crippen molar-refractivity contribution in [1.29, 1.82) is 0 Å². The molecule has 0 spiro atoms. The number of carbonyl (C=O) groups is 1. The van der Waals surface area contributed by atoms with Crippen LogP contribution < -0.4 is 5.32 Å². The second kappa shape index (κ2) is 7.46. The summed E-state index contributed by atoms with van der Waals surface area (Å²) in [6, 6.07) is 11.7. The Morgan fingerprint density at radius 1 is 1.13 bits per heavy atom. The van der Waals surface area contributed by atoms with Crippen molar-refractivity contribution in [3.8, 4) is 0 Å². The van der Waals surface area contributed by atoms with E-state index in [9.17, 15) is 23.3 Å². The van der Waals surface area contributed by atoms with Crippen molar-refractivity contribution in [3.05, 3.63) is 75.4 Å². The van der Waals surface area contributed by atoms with Crippen molar-refractivity contribution in [2.45, 2.75) is 27.4 Å². The number of sulfone groups is 1. The lowest BCUT2D eigenvalue weighted by Crippen LogP contribution is -2.27. The highest BCUT2D eigenvalue weighted by atomic mass is 35.5. The SMILES string of the molecule is O=C(Nc1ncc(S(=O)(=O)c2ccc([N+](=O)[O-])cc2)s1)C1(c2ccc(Cl)cc2)CC1. The molecule has 0 radical (unpaired) electrons. The van der Waals surface area contributed by atoms with E-state index in [1.54, 1.807) is 24.3 Å². The van der Waals surface area contributed by atoms with Gasteiger partial charge in [-0.2, -0.15) is 0 Å². The molecule has 154 valence electrons. The summed E-state index contributed by atoms with van der Waals surface area (Å²) in [6.07, 6.45) is 2.53. The van der Waals surface area contributed by atoms with Gasteiger partial charge in [-0.1, -0.05) is 35.1 Å². The van der Waals surface area contributed by atoms with Gasteiger partial charge in [0, 0.05) is 17.2 Å². The zero-order valence-electron chi connectivity index (χ0n) is 15.2. The molecule has 1 aliphatic carbocycles. The Balaban J connectivity index is 1.53. The molecular weight excluding hydrogens is 450 g/mol. The summed E-state index contributed by atoms with van der Waals surface area (Å²) in [6.45, 7) is 0. The van der Waals surface area contributed by atoms with E-state index < -0.39 is 20.2 Å². The molecule has 2 aromatic carbocycles. The zero-order valence-corrected chi connectivity index (χ0v) is 17.6. The van der Waals surface area contributed by atoms with Gasteiger partial charge in [0.1, 0.15) is 4.21 Å². The number of nitro groups is 1. The Labute approximate surface area is 180 Å². The van der Waals surface area contributed by atoms with Crippen LogP contribution in [0, 0.1) is 10.1 Å². The second-order valence-electron chi connectivity index (χ2n) is 6.78. The molecule has 11 heteroatoms. The number of thiazole rings is 1. The first-order chi connectivity index (χ1) is 14.2. The van der Waals surface area contributed by atoms with Crippen LogP contribution in [0.2, 0.25) is 5.02 Å². The number of halogens is 1. The van der Waals surface area contributed by atoms with Crippen molar-refractivity contribution in [3.63, 3.8) is 0 Å². The molecule has 0 aliphatic heterocycles. The summed E-state index contributed by atoms with van der Waals surface area (Å²) < 4.78 is 25.4. The lowest BCUT2D eigenvalue weighted by atomic mass is 9.95. The maximum absolute atomic E-state index is 12.8. The molecule has 4 rings (SSSR count). The van der Waals surface area contributed by atoms with Gasteiger partial charge in [-0.3, -0.25) is 14.9 Å². The van der Waals surface area contributed by atoms with Crippen molar-refractivity contribution < 1.29 is 18.1 Å². The van der Waals surface area contributed by atoms with Crippen molar-refractivity contribution in [1.82, 2.24) is 4.98 Å². The molecule has 30 heavy (non-hydrogen) atoms. The average molecular weight is 464 g/mol. The average Bonchev–Trinajstić information content (AvgIpc) is 3.40. The molecule has 0 saturated heterocycles. The minimum absolute atomic E-state index is 0.0667. The van der Waals surface area contributed by atoms with Crippen molar-refractivity contribution in [2.24, 2.45) is 0 Å². The fraction of sp³-hybridized carbons (Fsp3) is 0.158. The molecular formula is C19H14ClN3O5S2. The van der Waals surface area contributed by atoms with Crippen LogP contribution in [0.3, 0.4) is 0 Å². The molecule has 1 fully saturated rings. The lowest BCUT2D eigenvalue weighted by molar-refractivity contribution is -0.384. The van der Waals surface area contributed by atoms with E-state index in [1.165, 1.54) is 18.3 Å². The van der Waals surface area contributed by atoms with Crippen LogP contribution in [0.25, 0.3) is 0 Å². The van der Waals surface area contributed by atoms with Crippen LogP contribution >= 0.6 is 22.9 Å². The first kappa shape index (κ1) is 20.5. The quantitative estimate of drug-likeness (QED) is 0.432. The first-order valence-corrected chi connectivity index (χ1v) is 11.4. The molecule has 1 heterocycles. The van der Waals surface area contributed by atoms with Gasteiger partial charge in [0.15, 0.2) is 5.13 Å². The van der Waals surface area contributed by atoms with Gasteiger partial charge in [0.05, 0.1) is 21.4 Å². The van der Waals surface area contributed by atoms with Crippen molar-refractivity contribution >= 4 is 49.5 Å². The molecule has 1 amide bonds. The van der Waals surface area contributed by atoms with Crippen LogP contribution in [0.4, 0.5) is 10.8 Å². The van der Waals surface area contributed by atoms with Gasteiger partial charge >= 0.3 is 0 Å². The molecule has 1 saturated carbocycles. The molecule has 1 N–H and O–H groups in total. The van der Waals surface area contributed by atoms with Crippen LogP contribution in [0.1, 0.15) is 18.4 Å². The number of amides is 1.